The molecule has 0 aliphatic carbocycles. The van der Waals surface area contributed by atoms with Crippen molar-refractivity contribution in [1.82, 2.24) is 14.8 Å². The number of carboxylic acids is 1. The molecule has 1 aromatic heterocycles. The van der Waals surface area contributed by atoms with Crippen LogP contribution in [0, 0.1) is 0 Å². The molecule has 2 rings (SSSR count). The molecule has 1 amide bonds. The lowest BCUT2D eigenvalue weighted by molar-refractivity contribution is -0.116. The molecule has 1 N–H and O–H groups in total. The van der Waals surface area contributed by atoms with Crippen molar-refractivity contribution in [3.05, 3.63) is 5.82 Å². The standard InChI is InChI=1S/C8H10N4O3/c1-5(13)11-3-2-4-12-8(11)9-6(10-12)7(14)15/h2-4H2,1H3,(H,14,15). The summed E-state index contributed by atoms with van der Waals surface area (Å²) in [6.45, 7) is 2.58. The van der Waals surface area contributed by atoms with Crippen molar-refractivity contribution in [1.29, 1.82) is 0 Å². The predicted octanol–water partition coefficient (Wildman–Crippen LogP) is -0.267. The number of fused-ring (bicyclic) bond motifs is 1. The van der Waals surface area contributed by atoms with E-state index in [2.05, 4.69) is 10.1 Å². The topological polar surface area (TPSA) is 88.3 Å². The van der Waals surface area contributed by atoms with Gasteiger partial charge in [0, 0.05) is 20.0 Å². The molecule has 0 saturated carbocycles. The zero-order valence-electron chi connectivity index (χ0n) is 8.17. The molecular weight excluding hydrogens is 200 g/mol. The summed E-state index contributed by atoms with van der Waals surface area (Å²) in [5.41, 5.74) is 0. The van der Waals surface area contributed by atoms with E-state index >= 15 is 0 Å². The minimum absolute atomic E-state index is 0.153. The first-order valence-corrected chi connectivity index (χ1v) is 4.56. The van der Waals surface area contributed by atoms with Gasteiger partial charge in [0.1, 0.15) is 0 Å². The van der Waals surface area contributed by atoms with Crippen LogP contribution in [0.1, 0.15) is 24.0 Å². The molecule has 1 aliphatic rings. The number of carbonyl (C=O) groups excluding carboxylic acids is 1. The average molecular weight is 210 g/mol. The number of hydrogen-bond donors (Lipinski definition) is 1. The first kappa shape index (κ1) is 9.63. The van der Waals surface area contributed by atoms with E-state index in [1.807, 2.05) is 0 Å². The molecule has 15 heavy (non-hydrogen) atoms. The predicted molar refractivity (Wildman–Crippen MR) is 49.6 cm³/mol. The van der Waals surface area contributed by atoms with Gasteiger partial charge in [-0.2, -0.15) is 4.98 Å². The van der Waals surface area contributed by atoms with Crippen molar-refractivity contribution in [2.45, 2.75) is 19.9 Å². The summed E-state index contributed by atoms with van der Waals surface area (Å²) in [5.74, 6) is -1.27. The van der Waals surface area contributed by atoms with E-state index in [-0.39, 0.29) is 11.7 Å². The number of carbonyl (C=O) groups is 2. The fraction of sp³-hybridized carbons (Fsp3) is 0.500. The summed E-state index contributed by atoms with van der Waals surface area (Å²) >= 11 is 0. The third-order valence-corrected chi connectivity index (χ3v) is 2.22. The van der Waals surface area contributed by atoms with E-state index in [1.165, 1.54) is 16.5 Å². The molecular formula is C8H10N4O3. The van der Waals surface area contributed by atoms with Crippen LogP contribution in [0.15, 0.2) is 0 Å². The number of anilines is 1. The van der Waals surface area contributed by atoms with Gasteiger partial charge in [-0.15, -0.1) is 5.10 Å². The Hall–Kier alpha value is -1.92. The number of nitrogens with zero attached hydrogens (tertiary/aromatic N) is 4. The van der Waals surface area contributed by atoms with Crippen molar-refractivity contribution in [3.63, 3.8) is 0 Å². The van der Waals surface area contributed by atoms with Gasteiger partial charge in [-0.3, -0.25) is 9.69 Å². The number of aromatic nitrogens is 3. The minimum atomic E-state index is -1.18. The molecule has 0 radical (unpaired) electrons. The smallest absolute Gasteiger partial charge is 0.375 e. The highest BCUT2D eigenvalue weighted by Gasteiger charge is 2.25. The molecule has 0 unspecified atom stereocenters. The molecule has 7 heteroatoms. The molecule has 2 heterocycles. The molecule has 0 aromatic carbocycles. The maximum Gasteiger partial charge on any atom is 0.375 e. The lowest BCUT2D eigenvalue weighted by atomic mass is 10.3. The Labute approximate surface area is 85.3 Å². The van der Waals surface area contributed by atoms with E-state index in [1.54, 1.807) is 0 Å². The average Bonchev–Trinajstić information content (AvgIpc) is 2.60. The molecule has 0 saturated heterocycles. The quantitative estimate of drug-likeness (QED) is 0.689. The number of aromatic carboxylic acids is 1. The molecule has 0 spiro atoms. The van der Waals surface area contributed by atoms with Crippen LogP contribution in [-0.4, -0.2) is 38.3 Å². The summed E-state index contributed by atoms with van der Waals surface area (Å²) in [7, 11) is 0. The van der Waals surface area contributed by atoms with Gasteiger partial charge in [-0.25, -0.2) is 9.48 Å². The van der Waals surface area contributed by atoms with Gasteiger partial charge >= 0.3 is 5.97 Å². The Morgan fingerprint density at radius 2 is 2.13 bits per heavy atom. The second-order valence-corrected chi connectivity index (χ2v) is 3.29. The minimum Gasteiger partial charge on any atom is -0.475 e. The van der Waals surface area contributed by atoms with Gasteiger partial charge in [-0.1, -0.05) is 0 Å². The first-order chi connectivity index (χ1) is 7.09. The maximum absolute atomic E-state index is 11.2. The van der Waals surface area contributed by atoms with Crippen molar-refractivity contribution >= 4 is 17.8 Å². The van der Waals surface area contributed by atoms with Gasteiger partial charge in [0.25, 0.3) is 5.82 Å². The highest BCUT2D eigenvalue weighted by atomic mass is 16.4. The molecule has 7 nitrogen and oxygen atoms in total. The summed E-state index contributed by atoms with van der Waals surface area (Å²) in [4.78, 5) is 27.1. The summed E-state index contributed by atoms with van der Waals surface area (Å²) < 4.78 is 1.45. The third kappa shape index (κ3) is 1.56. The molecule has 0 atom stereocenters. The SMILES string of the molecule is CC(=O)N1CCCn2nc(C(=O)O)nc21. The summed E-state index contributed by atoms with van der Waals surface area (Å²) in [5, 5.41) is 12.5. The fourth-order valence-electron chi connectivity index (χ4n) is 1.55. The van der Waals surface area contributed by atoms with E-state index in [0.29, 0.717) is 19.0 Å². The number of aryl methyl sites for hydroxylation is 1. The first-order valence-electron chi connectivity index (χ1n) is 4.56. The third-order valence-electron chi connectivity index (χ3n) is 2.22. The van der Waals surface area contributed by atoms with Crippen molar-refractivity contribution < 1.29 is 14.7 Å². The van der Waals surface area contributed by atoms with Crippen molar-refractivity contribution in [3.8, 4) is 0 Å². The number of amides is 1. The van der Waals surface area contributed by atoms with Gasteiger partial charge in [0.15, 0.2) is 0 Å². The number of rotatable bonds is 1. The van der Waals surface area contributed by atoms with Crippen molar-refractivity contribution in [2.24, 2.45) is 0 Å². The fourth-order valence-corrected chi connectivity index (χ4v) is 1.55. The van der Waals surface area contributed by atoms with Gasteiger partial charge in [0.2, 0.25) is 11.9 Å². The summed E-state index contributed by atoms with van der Waals surface area (Å²) in [6.07, 6.45) is 0.759. The zero-order chi connectivity index (χ0) is 11.0. The lowest BCUT2D eigenvalue weighted by Crippen LogP contribution is -2.36. The molecule has 1 aromatic rings. The van der Waals surface area contributed by atoms with Crippen LogP contribution in [0.25, 0.3) is 0 Å². The summed E-state index contributed by atoms with van der Waals surface area (Å²) in [6, 6.07) is 0. The van der Waals surface area contributed by atoms with Crippen LogP contribution in [0.5, 0.6) is 0 Å². The monoisotopic (exact) mass is 210 g/mol. The molecule has 1 aliphatic heterocycles. The second kappa shape index (κ2) is 3.34. The highest BCUT2D eigenvalue weighted by Crippen LogP contribution is 2.17. The Bertz CT molecular complexity index is 426. The molecule has 80 valence electrons. The van der Waals surface area contributed by atoms with Crippen LogP contribution < -0.4 is 4.90 Å². The molecule has 0 bridgehead atoms. The van der Waals surface area contributed by atoms with Crippen LogP contribution in [0.2, 0.25) is 0 Å². The zero-order valence-corrected chi connectivity index (χ0v) is 8.17. The largest absolute Gasteiger partial charge is 0.475 e. The van der Waals surface area contributed by atoms with E-state index < -0.39 is 5.97 Å². The Morgan fingerprint density at radius 1 is 1.40 bits per heavy atom. The normalized spacial score (nSPS) is 14.9. The molecule has 0 fully saturated rings. The Morgan fingerprint density at radius 3 is 2.73 bits per heavy atom. The maximum atomic E-state index is 11.2. The van der Waals surface area contributed by atoms with Crippen LogP contribution in [-0.2, 0) is 11.3 Å². The van der Waals surface area contributed by atoms with E-state index in [9.17, 15) is 9.59 Å². The highest BCUT2D eigenvalue weighted by molar-refractivity contribution is 5.90. The number of hydrogen-bond acceptors (Lipinski definition) is 4. The Balaban J connectivity index is 2.43. The van der Waals surface area contributed by atoms with Crippen LogP contribution in [0.4, 0.5) is 5.95 Å². The van der Waals surface area contributed by atoms with Gasteiger partial charge in [0.05, 0.1) is 0 Å². The number of carboxylic acid groups (broad SMARTS) is 1. The van der Waals surface area contributed by atoms with E-state index in [4.69, 9.17) is 5.11 Å². The van der Waals surface area contributed by atoms with Crippen LogP contribution in [0.3, 0.4) is 0 Å². The van der Waals surface area contributed by atoms with Crippen LogP contribution >= 0.6 is 0 Å². The van der Waals surface area contributed by atoms with Gasteiger partial charge < -0.3 is 5.11 Å². The van der Waals surface area contributed by atoms with Crippen molar-refractivity contribution in [2.75, 3.05) is 11.4 Å². The lowest BCUT2D eigenvalue weighted by Gasteiger charge is -2.24. The van der Waals surface area contributed by atoms with Gasteiger partial charge in [-0.05, 0) is 6.42 Å². The van der Waals surface area contributed by atoms with E-state index in [0.717, 1.165) is 6.42 Å². The Kier molecular flexibility index (Phi) is 2.14. The second-order valence-electron chi connectivity index (χ2n) is 3.29.